The van der Waals surface area contributed by atoms with Crippen LogP contribution in [0.3, 0.4) is 0 Å². The van der Waals surface area contributed by atoms with Crippen LogP contribution in [0.5, 0.6) is 0 Å². The molecule has 1 heterocycles. The Bertz CT molecular complexity index is 533. The largest absolute Gasteiger partial charge is 0.459 e. The zero-order valence-electron chi connectivity index (χ0n) is 14.8. The maximum Gasteiger partial charge on any atom is 0.333 e. The van der Waals surface area contributed by atoms with Gasteiger partial charge in [0.25, 0.3) is 0 Å². The van der Waals surface area contributed by atoms with Gasteiger partial charge in [0, 0.05) is 5.57 Å². The predicted molar refractivity (Wildman–Crippen MR) is 96.5 cm³/mol. The number of carbonyl (C=O) groups excluding carboxylic acids is 4. The highest BCUT2D eigenvalue weighted by atomic mass is 16.6. The van der Waals surface area contributed by atoms with E-state index < -0.39 is 5.91 Å². The molecule has 0 aliphatic carbocycles. The fourth-order valence-corrected chi connectivity index (χ4v) is 0.819. The molecule has 26 heavy (non-hydrogen) atoms. The van der Waals surface area contributed by atoms with Gasteiger partial charge in [-0.3, -0.25) is 14.4 Å². The quantitative estimate of drug-likeness (QED) is 0.233. The molecule has 144 valence electrons. The molecule has 4 N–H and O–H groups in total. The van der Waals surface area contributed by atoms with Crippen LogP contribution in [-0.4, -0.2) is 49.7 Å². The van der Waals surface area contributed by atoms with Crippen LogP contribution in [0.2, 0.25) is 0 Å². The van der Waals surface area contributed by atoms with E-state index in [0.29, 0.717) is 18.8 Å². The molecule has 3 amide bonds. The third-order valence-electron chi connectivity index (χ3n) is 2.25. The van der Waals surface area contributed by atoms with Crippen molar-refractivity contribution in [2.75, 3.05) is 19.9 Å². The number of hydrogen-bond acceptors (Lipinski definition) is 6. The molecule has 0 aromatic rings. The number of hydrogen-bond donors (Lipinski definition) is 3. The summed E-state index contributed by atoms with van der Waals surface area (Å²) in [6.45, 7) is 15.8. The van der Waals surface area contributed by atoms with E-state index in [-0.39, 0.29) is 30.6 Å². The second-order valence-corrected chi connectivity index (χ2v) is 4.61. The highest BCUT2D eigenvalue weighted by Crippen LogP contribution is 2.09. The molecule has 1 aliphatic rings. The van der Waals surface area contributed by atoms with Crippen molar-refractivity contribution in [1.82, 2.24) is 10.6 Å². The fourth-order valence-electron chi connectivity index (χ4n) is 0.819. The van der Waals surface area contributed by atoms with Gasteiger partial charge in [0.15, 0.2) is 0 Å². The molecule has 0 bridgehead atoms. The maximum atomic E-state index is 10.7. The van der Waals surface area contributed by atoms with E-state index in [1.165, 1.54) is 0 Å². The Hall–Kier alpha value is -3.20. The lowest BCUT2D eigenvalue weighted by Crippen LogP contribution is -2.35. The lowest BCUT2D eigenvalue weighted by Gasteiger charge is -2.01. The van der Waals surface area contributed by atoms with Crippen molar-refractivity contribution < 1.29 is 28.7 Å². The van der Waals surface area contributed by atoms with Gasteiger partial charge in [-0.2, -0.15) is 0 Å². The van der Waals surface area contributed by atoms with Crippen LogP contribution in [0.15, 0.2) is 50.1 Å². The number of esters is 1. The van der Waals surface area contributed by atoms with E-state index in [4.69, 9.17) is 9.47 Å². The van der Waals surface area contributed by atoms with Gasteiger partial charge in [0.2, 0.25) is 17.7 Å². The molecule has 1 saturated heterocycles. The molecule has 0 aromatic heterocycles. The summed E-state index contributed by atoms with van der Waals surface area (Å²) < 4.78 is 9.60. The van der Waals surface area contributed by atoms with Crippen molar-refractivity contribution in [1.29, 1.82) is 0 Å². The molecule has 1 atom stereocenters. The SMILES string of the molecule is C=C(C)C(=O)OCC1CO1.C=CC(=O)NCNC(=O)C=C.C=CC(N)=O. The zero-order chi connectivity index (χ0) is 20.5. The van der Waals surface area contributed by atoms with Crippen LogP contribution in [0.1, 0.15) is 6.92 Å². The zero-order valence-corrected chi connectivity index (χ0v) is 14.8. The van der Waals surface area contributed by atoms with E-state index in [2.05, 4.69) is 42.7 Å². The van der Waals surface area contributed by atoms with E-state index in [0.717, 1.165) is 18.2 Å². The molecule has 9 heteroatoms. The standard InChI is InChI=1S/C7H10N2O2.C7H10O3.C3H5NO/c1-3-6(10)8-5-9-7(11)4-2;1-5(2)7(8)10-4-6-3-9-6;1-2-3(4)5/h3-4H,1-2,5H2,(H,8,10)(H,9,11);6H,1,3-4H2,2H3;2H,1H2,(H2,4,5). The van der Waals surface area contributed by atoms with E-state index >= 15 is 0 Å². The molecule has 0 spiro atoms. The summed E-state index contributed by atoms with van der Waals surface area (Å²) in [5.74, 6) is -1.47. The maximum absolute atomic E-state index is 10.7. The van der Waals surface area contributed by atoms with Crippen LogP contribution >= 0.6 is 0 Å². The minimum atomic E-state index is -0.481. The first-order valence-corrected chi connectivity index (χ1v) is 7.34. The van der Waals surface area contributed by atoms with Crippen LogP contribution in [0.25, 0.3) is 0 Å². The topological polar surface area (TPSA) is 140 Å². The number of carbonyl (C=O) groups is 4. The number of amides is 3. The lowest BCUT2D eigenvalue weighted by molar-refractivity contribution is -0.139. The van der Waals surface area contributed by atoms with Crippen molar-refractivity contribution in [3.05, 3.63) is 50.1 Å². The second kappa shape index (κ2) is 15.3. The average Bonchev–Trinajstić information content (AvgIpc) is 3.44. The Kier molecular flexibility index (Phi) is 14.8. The first-order valence-electron chi connectivity index (χ1n) is 7.34. The molecule has 1 rings (SSSR count). The Labute approximate surface area is 152 Å². The fraction of sp³-hybridized carbons (Fsp3) is 0.294. The summed E-state index contributed by atoms with van der Waals surface area (Å²) in [6, 6.07) is 0. The summed E-state index contributed by atoms with van der Waals surface area (Å²) in [7, 11) is 0. The number of nitrogens with one attached hydrogen (secondary N) is 2. The van der Waals surface area contributed by atoms with E-state index in [9.17, 15) is 19.2 Å². The summed E-state index contributed by atoms with van der Waals surface area (Å²) >= 11 is 0. The molecule has 1 fully saturated rings. The van der Waals surface area contributed by atoms with Crippen LogP contribution < -0.4 is 16.4 Å². The van der Waals surface area contributed by atoms with Gasteiger partial charge in [-0.15, -0.1) is 0 Å². The van der Waals surface area contributed by atoms with Gasteiger partial charge in [0.05, 0.1) is 13.3 Å². The van der Waals surface area contributed by atoms with Crippen molar-refractivity contribution in [3.63, 3.8) is 0 Å². The number of nitrogens with two attached hydrogens (primary N) is 1. The summed E-state index contributed by atoms with van der Waals surface area (Å²) in [5, 5.41) is 4.72. The molecular formula is C17H25N3O6. The number of rotatable bonds is 8. The van der Waals surface area contributed by atoms with Gasteiger partial charge in [0.1, 0.15) is 12.7 Å². The molecule has 0 aromatic carbocycles. The normalized spacial score (nSPS) is 13.0. The number of ether oxygens (including phenoxy) is 2. The third-order valence-corrected chi connectivity index (χ3v) is 2.25. The Morgan fingerprint density at radius 3 is 1.81 bits per heavy atom. The van der Waals surface area contributed by atoms with E-state index in [1.54, 1.807) is 6.92 Å². The molecule has 0 radical (unpaired) electrons. The first-order chi connectivity index (χ1) is 12.2. The first kappa shape index (κ1) is 25.0. The van der Waals surface area contributed by atoms with Gasteiger partial charge in [-0.25, -0.2) is 4.79 Å². The second-order valence-electron chi connectivity index (χ2n) is 4.61. The highest BCUT2D eigenvalue weighted by Gasteiger charge is 2.24. The molecule has 9 nitrogen and oxygen atoms in total. The van der Waals surface area contributed by atoms with Gasteiger partial charge < -0.3 is 25.8 Å². The van der Waals surface area contributed by atoms with Crippen LogP contribution in [0.4, 0.5) is 0 Å². The van der Waals surface area contributed by atoms with Gasteiger partial charge in [-0.1, -0.05) is 26.3 Å². The highest BCUT2D eigenvalue weighted by molar-refractivity contribution is 5.89. The molecule has 1 aliphatic heterocycles. The Morgan fingerprint density at radius 1 is 1.12 bits per heavy atom. The van der Waals surface area contributed by atoms with Crippen molar-refractivity contribution in [2.45, 2.75) is 13.0 Å². The third kappa shape index (κ3) is 18.8. The Morgan fingerprint density at radius 2 is 1.54 bits per heavy atom. The summed E-state index contributed by atoms with van der Waals surface area (Å²) in [5.41, 5.74) is 4.97. The number of epoxide rings is 1. The minimum absolute atomic E-state index is 0.0930. The summed E-state index contributed by atoms with van der Waals surface area (Å²) in [4.78, 5) is 41.1. The van der Waals surface area contributed by atoms with E-state index in [1.807, 2.05) is 0 Å². The number of primary amides is 1. The molecule has 1 unspecified atom stereocenters. The monoisotopic (exact) mass is 367 g/mol. The van der Waals surface area contributed by atoms with Crippen molar-refractivity contribution >= 4 is 23.7 Å². The minimum Gasteiger partial charge on any atom is -0.459 e. The van der Waals surface area contributed by atoms with Crippen molar-refractivity contribution in [2.24, 2.45) is 5.73 Å². The van der Waals surface area contributed by atoms with Crippen LogP contribution in [0, 0.1) is 0 Å². The predicted octanol–water partition coefficient (Wildman–Crippen LogP) is -0.289. The molecular weight excluding hydrogens is 342 g/mol. The lowest BCUT2D eigenvalue weighted by atomic mass is 10.4. The molecule has 0 saturated carbocycles. The van der Waals surface area contributed by atoms with Gasteiger partial charge in [-0.05, 0) is 25.2 Å². The Balaban J connectivity index is 0. The smallest absolute Gasteiger partial charge is 0.333 e. The average molecular weight is 367 g/mol. The van der Waals surface area contributed by atoms with Crippen LogP contribution in [-0.2, 0) is 28.7 Å². The van der Waals surface area contributed by atoms with Gasteiger partial charge >= 0.3 is 5.97 Å². The summed E-state index contributed by atoms with van der Waals surface area (Å²) in [6.07, 6.45) is 3.45. The van der Waals surface area contributed by atoms with Crippen molar-refractivity contribution in [3.8, 4) is 0 Å².